The third-order valence-electron chi connectivity index (χ3n) is 5.32. The van der Waals surface area contributed by atoms with Crippen molar-refractivity contribution in [2.45, 2.75) is 54.8 Å². The Morgan fingerprint density at radius 1 is 0.574 bits per heavy atom. The minimum atomic E-state index is -6.28. The Hall–Kier alpha value is -1.12. The fourth-order valence-electron chi connectivity index (χ4n) is 3.88. The van der Waals surface area contributed by atoms with Crippen molar-refractivity contribution in [1.82, 2.24) is 0 Å². The van der Waals surface area contributed by atoms with Crippen molar-refractivity contribution in [3.05, 3.63) is 0 Å². The van der Waals surface area contributed by atoms with E-state index < -0.39 is 116 Å². The van der Waals surface area contributed by atoms with Crippen molar-refractivity contribution in [3.8, 4) is 0 Å². The van der Waals surface area contributed by atoms with Crippen LogP contribution < -0.4 is 21.0 Å². The Balaban J connectivity index is 2.82. The van der Waals surface area contributed by atoms with E-state index in [9.17, 15) is 72.9 Å². The van der Waals surface area contributed by atoms with Gasteiger partial charge in [-0.25, -0.2) is 53.2 Å². The highest BCUT2D eigenvalue weighted by molar-refractivity contribution is 7.81. The van der Waals surface area contributed by atoms with Crippen LogP contribution in [0.4, 0.5) is 0 Å². The monoisotopic (exact) mass is 782 g/mol. The largest absolute Gasteiger partial charge is 0.726 e. The summed E-state index contributed by atoms with van der Waals surface area (Å²) in [5.74, 6) is -3.81. The van der Waals surface area contributed by atoms with Crippen LogP contribution in [0.5, 0.6) is 0 Å². The van der Waals surface area contributed by atoms with Gasteiger partial charge in [-0.2, -0.15) is 0 Å². The molecule has 0 N–H and O–H groups in total. The zero-order valence-electron chi connectivity index (χ0n) is 21.5. The maximum atomic E-state index is 11.6. The van der Waals surface area contributed by atoms with E-state index in [1.807, 2.05) is 0 Å². The lowest BCUT2D eigenvalue weighted by atomic mass is 9.98. The SMILES string of the molecule is O=S(=O)([O-])OC[C@H]1O[C@@](COS(=O)(=O)[O-])(O[C@@H]2OC(COO[O-])[C@@H](OO[O-])[C@H](OO[O-])C2OO[O-])[C@H](OS(=O)(=O)[O-])[C@@H]1OS(=O)(=O)[O-]. The van der Waals surface area contributed by atoms with E-state index in [-0.39, 0.29) is 0 Å². The minimum absolute atomic E-state index is 1.26. The molecule has 2 aliphatic rings. The van der Waals surface area contributed by atoms with Crippen LogP contribution in [-0.2, 0) is 112 Å². The Kier molecular flexibility index (Phi) is 15.4. The summed E-state index contributed by atoms with van der Waals surface area (Å²) in [4.78, 5) is 16.7. The number of hydrogen-bond acceptors (Lipinski definition) is 31. The van der Waals surface area contributed by atoms with Gasteiger partial charge in [-0.3, -0.25) is 36.9 Å². The second kappa shape index (κ2) is 17.2. The summed E-state index contributed by atoms with van der Waals surface area (Å²) < 4.78 is 167. The molecule has 0 bridgehead atoms. The predicted octanol–water partition coefficient (Wildman–Crippen LogP) is -10.5. The quantitative estimate of drug-likeness (QED) is 0.0451. The van der Waals surface area contributed by atoms with E-state index in [1.54, 1.807) is 0 Å². The zero-order chi connectivity index (χ0) is 35.8. The molecule has 0 radical (unpaired) electrons. The molecular weight excluding hydrogens is 768 g/mol. The fourth-order valence-corrected chi connectivity index (χ4v) is 5.50. The molecule has 0 amide bonds. The highest BCUT2D eigenvalue weighted by atomic mass is 32.3. The number of rotatable bonds is 21. The first kappa shape index (κ1) is 42.0. The Morgan fingerprint density at radius 3 is 1.60 bits per heavy atom. The molecule has 31 nitrogen and oxygen atoms in total. The highest BCUT2D eigenvalue weighted by Crippen LogP contribution is 2.42. The third kappa shape index (κ3) is 13.3. The van der Waals surface area contributed by atoms with E-state index in [4.69, 9.17) is 14.2 Å². The van der Waals surface area contributed by atoms with Crippen molar-refractivity contribution in [3.63, 3.8) is 0 Å². The van der Waals surface area contributed by atoms with Crippen LogP contribution in [0.25, 0.3) is 0 Å². The Morgan fingerprint density at radius 2 is 1.11 bits per heavy atom. The molecule has 0 spiro atoms. The standard InChI is InChI=1S/C12H22O31S4/c13-40-29-1-4-6(35-41-14)8(36-42-15)9(37-43-16)11(32-4)34-12(3-31-45(20,21)22)10(39-47(26,27)28)7(38-46(23,24)25)5(33-12)2-30-44(17,18)19/h4-11,13-16H,1-3H2,(H,17,18,19)(H,20,21,22)(H,23,24,25)(H,26,27,28)/p-8/t4?,5-,6-,7-,8+,9?,10-,11+,12+/m1/s1. The molecule has 2 aliphatic heterocycles. The van der Waals surface area contributed by atoms with Crippen molar-refractivity contribution < 1.29 is 144 Å². The van der Waals surface area contributed by atoms with Crippen molar-refractivity contribution >= 4 is 41.6 Å². The summed E-state index contributed by atoms with van der Waals surface area (Å²) in [6, 6.07) is 0. The smallest absolute Gasteiger partial charge is 0.227 e. The van der Waals surface area contributed by atoms with E-state index >= 15 is 0 Å². The van der Waals surface area contributed by atoms with Crippen molar-refractivity contribution in [2.24, 2.45) is 0 Å². The first-order chi connectivity index (χ1) is 21.6. The number of hydrogen-bond donors (Lipinski definition) is 0. The lowest BCUT2D eigenvalue weighted by Crippen LogP contribution is -2.65. The van der Waals surface area contributed by atoms with Crippen LogP contribution in [-0.4, -0.2) is 127 Å². The summed E-state index contributed by atoms with van der Waals surface area (Å²) in [5, 5.41) is 55.3. The maximum absolute atomic E-state index is 11.6. The topological polar surface area (TPSA) is 459 Å². The van der Waals surface area contributed by atoms with Crippen LogP contribution in [0.15, 0.2) is 0 Å². The summed E-state index contributed by atoms with van der Waals surface area (Å²) in [7, 11) is -24.2. The molecule has 35 heteroatoms. The van der Waals surface area contributed by atoms with Gasteiger partial charge < -0.3 is 53.5 Å². The summed E-state index contributed by atoms with van der Waals surface area (Å²) in [6.45, 7) is -5.24. The van der Waals surface area contributed by atoms with Gasteiger partial charge in [0, 0.05) is 0 Å². The van der Waals surface area contributed by atoms with E-state index in [1.165, 1.54) is 0 Å². The van der Waals surface area contributed by atoms with Crippen LogP contribution in [0.1, 0.15) is 0 Å². The Labute approximate surface area is 259 Å². The summed E-state index contributed by atoms with van der Waals surface area (Å²) in [6.07, 6.45) is -21.4. The lowest BCUT2D eigenvalue weighted by Gasteiger charge is -2.46. The zero-order valence-corrected chi connectivity index (χ0v) is 24.8. The van der Waals surface area contributed by atoms with E-state index in [0.717, 1.165) is 0 Å². The minimum Gasteiger partial charge on any atom is -0.726 e. The van der Waals surface area contributed by atoms with Crippen molar-refractivity contribution in [2.75, 3.05) is 19.8 Å². The van der Waals surface area contributed by atoms with Gasteiger partial charge in [-0.15, -0.1) is 0 Å². The molecule has 0 aromatic carbocycles. The average Bonchev–Trinajstić information content (AvgIpc) is 3.17. The fraction of sp³-hybridized carbons (Fsp3) is 1.00. The molecule has 2 rings (SSSR count). The van der Waals surface area contributed by atoms with Gasteiger partial charge in [-0.1, -0.05) is 0 Å². The van der Waals surface area contributed by atoms with E-state index in [2.05, 4.69) is 56.4 Å². The summed E-state index contributed by atoms with van der Waals surface area (Å²) in [5.41, 5.74) is 0. The van der Waals surface area contributed by atoms with Gasteiger partial charge in [0.25, 0.3) is 0 Å². The van der Waals surface area contributed by atoms with Gasteiger partial charge in [0.1, 0.15) is 31.5 Å². The molecule has 2 fully saturated rings. The molecule has 2 unspecified atom stereocenters. The Bertz CT molecular complexity index is 1410. The van der Waals surface area contributed by atoms with Crippen LogP contribution in [0, 0.1) is 0 Å². The van der Waals surface area contributed by atoms with E-state index in [0.29, 0.717) is 0 Å². The second-order valence-electron chi connectivity index (χ2n) is 8.13. The second-order valence-corrected chi connectivity index (χ2v) is 12.2. The van der Waals surface area contributed by atoms with Gasteiger partial charge in [-0.05, 0) is 0 Å². The molecule has 47 heavy (non-hydrogen) atoms. The maximum Gasteiger partial charge on any atom is 0.227 e. The van der Waals surface area contributed by atoms with Gasteiger partial charge in [0.15, 0.2) is 30.7 Å². The van der Waals surface area contributed by atoms with Gasteiger partial charge in [0.05, 0.1) is 6.61 Å². The van der Waals surface area contributed by atoms with Crippen molar-refractivity contribution in [1.29, 1.82) is 0 Å². The third-order valence-corrected chi connectivity index (χ3v) is 7.05. The lowest BCUT2D eigenvalue weighted by molar-refractivity contribution is -0.835. The molecular formula is C12H14O31S4-8. The average molecular weight is 782 g/mol. The normalized spacial score (nSPS) is 32.5. The van der Waals surface area contributed by atoms with Gasteiger partial charge in [0.2, 0.25) is 47.4 Å². The number of ether oxygens (including phenoxy) is 3. The summed E-state index contributed by atoms with van der Waals surface area (Å²) >= 11 is 0. The molecule has 0 aliphatic carbocycles. The molecule has 0 aromatic rings. The van der Waals surface area contributed by atoms with Crippen LogP contribution >= 0.6 is 0 Å². The first-order valence-corrected chi connectivity index (χ1v) is 16.2. The highest BCUT2D eigenvalue weighted by Gasteiger charge is 2.64. The molecule has 2 saturated heterocycles. The molecule has 280 valence electrons. The molecule has 0 saturated carbocycles. The first-order valence-electron chi connectivity index (χ1n) is 10.9. The predicted molar refractivity (Wildman–Crippen MR) is 103 cm³/mol. The molecule has 0 aromatic heterocycles. The van der Waals surface area contributed by atoms with Gasteiger partial charge >= 0.3 is 0 Å². The molecule has 2 heterocycles. The molecule has 9 atom stereocenters. The van der Waals surface area contributed by atoms with Crippen LogP contribution in [0.2, 0.25) is 0 Å². The van der Waals surface area contributed by atoms with Crippen LogP contribution in [0.3, 0.4) is 0 Å².